The van der Waals surface area contributed by atoms with Crippen LogP contribution >= 0.6 is 0 Å². The van der Waals surface area contributed by atoms with Gasteiger partial charge in [0.05, 0.1) is 0 Å². The Morgan fingerprint density at radius 3 is 1.91 bits per heavy atom. The quantitative estimate of drug-likeness (QED) is 0.424. The summed E-state index contributed by atoms with van der Waals surface area (Å²) in [7, 11) is -1.96. The van der Waals surface area contributed by atoms with Crippen molar-refractivity contribution in [2.75, 3.05) is 0 Å². The zero-order chi connectivity index (χ0) is 15.9. The Hall–Kier alpha value is -1.95. The van der Waals surface area contributed by atoms with Gasteiger partial charge in [-0.25, -0.2) is 0 Å². The summed E-state index contributed by atoms with van der Waals surface area (Å²) in [4.78, 5) is 0. The second kappa shape index (κ2) is 5.36. The maximum absolute atomic E-state index is 5.87. The third kappa shape index (κ3) is 2.83. The first-order valence-electron chi connectivity index (χ1n) is 7.48. The van der Waals surface area contributed by atoms with Gasteiger partial charge in [0.1, 0.15) is 28.0 Å². The summed E-state index contributed by atoms with van der Waals surface area (Å²) >= 11 is 0. The highest BCUT2D eigenvalue weighted by molar-refractivity contribution is 6.83. The number of benzene rings is 2. The summed E-state index contributed by atoms with van der Waals surface area (Å²) in [6.45, 7) is 11.2. The Bertz CT molecular complexity index is 950. The zero-order valence-corrected chi connectivity index (χ0v) is 15.7. The molecule has 0 aliphatic rings. The minimum absolute atomic E-state index is 0.559. The van der Waals surface area contributed by atoms with Crippen LogP contribution in [0.2, 0.25) is 32.7 Å². The molecule has 1 nitrogen and oxygen atoms in total. The summed E-state index contributed by atoms with van der Waals surface area (Å²) < 4.78 is 5.87. The molecule has 3 rings (SSSR count). The van der Waals surface area contributed by atoms with Crippen molar-refractivity contribution in [1.82, 2.24) is 0 Å². The van der Waals surface area contributed by atoms with Crippen molar-refractivity contribution in [3.8, 4) is 22.9 Å². The molecular formula is C19H19OSi2. The Kier molecular flexibility index (Phi) is 3.64. The monoisotopic (exact) mass is 319 g/mol. The van der Waals surface area contributed by atoms with E-state index in [1.54, 1.807) is 0 Å². The summed E-state index contributed by atoms with van der Waals surface area (Å²) in [5, 5.41) is 2.27. The van der Waals surface area contributed by atoms with E-state index >= 15 is 0 Å². The fourth-order valence-corrected chi connectivity index (χ4v) is 3.27. The van der Waals surface area contributed by atoms with E-state index in [1.165, 1.54) is 0 Å². The first-order valence-corrected chi connectivity index (χ1v) is 13.5. The van der Waals surface area contributed by atoms with Gasteiger partial charge in [-0.1, -0.05) is 44.6 Å². The number of rotatable bonds is 0. The molecule has 0 aliphatic carbocycles. The highest BCUT2D eigenvalue weighted by Gasteiger charge is 2.16. The molecule has 1 radical (unpaired) electrons. The van der Waals surface area contributed by atoms with Gasteiger partial charge in [-0.15, -0.1) is 11.1 Å². The molecule has 0 unspecified atom stereocenters. The topological polar surface area (TPSA) is 13.1 Å². The van der Waals surface area contributed by atoms with Gasteiger partial charge in [0.25, 0.3) is 0 Å². The Labute approximate surface area is 134 Å². The summed E-state index contributed by atoms with van der Waals surface area (Å²) in [5.41, 5.74) is 10.8. The van der Waals surface area contributed by atoms with E-state index in [9.17, 15) is 0 Å². The van der Waals surface area contributed by atoms with Crippen LogP contribution in [-0.2, 0) is 0 Å². The van der Waals surface area contributed by atoms with Crippen LogP contribution in [0.5, 0.6) is 0 Å². The van der Waals surface area contributed by atoms with E-state index in [4.69, 9.17) is 4.42 Å². The molecule has 2 heterocycles. The van der Waals surface area contributed by atoms with Gasteiger partial charge in [-0.05, 0) is 24.3 Å². The largest absolute Gasteiger partial charge is 0.456 e. The molecular weight excluding hydrogens is 300 g/mol. The van der Waals surface area contributed by atoms with Crippen LogP contribution < -0.4 is 0 Å². The number of fused-ring (bicyclic) bond motifs is 5. The average Bonchev–Trinajstić information content (AvgIpc) is 3.04. The first-order chi connectivity index (χ1) is 10.3. The molecule has 0 atom stereocenters. The molecule has 2 aromatic heterocycles. The predicted octanol–water partition coefficient (Wildman–Crippen LogP) is 4.90. The van der Waals surface area contributed by atoms with Gasteiger partial charge >= 0.3 is 0 Å². The van der Waals surface area contributed by atoms with E-state index in [1.807, 2.05) is 12.1 Å². The van der Waals surface area contributed by atoms with Crippen LogP contribution in [0.3, 0.4) is 0 Å². The van der Waals surface area contributed by atoms with Crippen molar-refractivity contribution in [3.05, 3.63) is 35.4 Å². The normalized spacial score (nSPS) is 11.5. The molecule has 0 fully saturated rings. The SMILES string of the molecule is C[Si](C)C#Cc1ccc(C#C[Si](C)(C)C)c2c3ccc(o3)c12. The van der Waals surface area contributed by atoms with Gasteiger partial charge in [0.2, 0.25) is 0 Å². The van der Waals surface area contributed by atoms with E-state index in [0.717, 1.165) is 33.1 Å². The maximum atomic E-state index is 5.87. The van der Waals surface area contributed by atoms with Gasteiger partial charge in [-0.2, -0.15) is 0 Å². The van der Waals surface area contributed by atoms with Crippen molar-refractivity contribution in [3.63, 3.8) is 0 Å². The van der Waals surface area contributed by atoms with E-state index < -0.39 is 16.9 Å². The lowest BCUT2D eigenvalue weighted by atomic mass is 10.0. The van der Waals surface area contributed by atoms with E-state index in [2.05, 4.69) is 67.8 Å². The number of hydrogen-bond donors (Lipinski definition) is 0. The summed E-state index contributed by atoms with van der Waals surface area (Å²) in [6, 6.07) is 8.25. The minimum Gasteiger partial charge on any atom is -0.456 e. The second-order valence-electron chi connectivity index (χ2n) is 6.82. The third-order valence-electron chi connectivity index (χ3n) is 3.32. The molecule has 3 aromatic rings. The van der Waals surface area contributed by atoms with Crippen LogP contribution in [0, 0.1) is 22.9 Å². The first kappa shape index (κ1) is 15.0. The van der Waals surface area contributed by atoms with Gasteiger partial charge < -0.3 is 4.42 Å². The Morgan fingerprint density at radius 2 is 1.41 bits per heavy atom. The molecule has 2 bridgehead atoms. The van der Waals surface area contributed by atoms with Gasteiger partial charge in [0, 0.05) is 21.9 Å². The fourth-order valence-electron chi connectivity index (χ4n) is 2.38. The van der Waals surface area contributed by atoms with E-state index in [0.29, 0.717) is 0 Å². The maximum Gasteiger partial charge on any atom is 0.138 e. The molecule has 3 heteroatoms. The molecule has 0 N–H and O–H groups in total. The molecule has 0 aliphatic heterocycles. The Balaban J connectivity index is 2.25. The standard InChI is InChI=1S/C19H19OSi2/c1-21(2)12-10-14-6-7-15(11-13-22(3,4)5)19-17-9-8-16(20-17)18(14)19/h6-9H,1-5H3. The summed E-state index contributed by atoms with van der Waals surface area (Å²) in [5.74, 6) is 6.72. The smallest absolute Gasteiger partial charge is 0.138 e. The van der Waals surface area contributed by atoms with Gasteiger partial charge in [0.15, 0.2) is 0 Å². The van der Waals surface area contributed by atoms with Crippen LogP contribution in [0.25, 0.3) is 21.9 Å². The Morgan fingerprint density at radius 1 is 0.864 bits per heavy atom. The molecule has 22 heavy (non-hydrogen) atoms. The fraction of sp³-hybridized carbons (Fsp3) is 0.263. The molecule has 0 saturated carbocycles. The second-order valence-corrected chi connectivity index (χ2v) is 13.8. The zero-order valence-electron chi connectivity index (χ0n) is 13.7. The summed E-state index contributed by atoms with van der Waals surface area (Å²) in [6.07, 6.45) is 0. The van der Waals surface area contributed by atoms with Crippen LogP contribution in [0.15, 0.2) is 28.7 Å². The number of furan rings is 2. The number of hydrogen-bond acceptors (Lipinski definition) is 1. The highest BCUT2D eigenvalue weighted by atomic mass is 28.3. The van der Waals surface area contributed by atoms with Crippen LogP contribution in [0.1, 0.15) is 11.1 Å². The van der Waals surface area contributed by atoms with Crippen molar-refractivity contribution >= 4 is 38.8 Å². The van der Waals surface area contributed by atoms with Crippen LogP contribution in [-0.4, -0.2) is 16.9 Å². The lowest BCUT2D eigenvalue weighted by molar-refractivity contribution is 0.679. The van der Waals surface area contributed by atoms with Crippen molar-refractivity contribution in [2.45, 2.75) is 32.7 Å². The molecule has 0 amide bonds. The third-order valence-corrected chi connectivity index (χ3v) is 4.82. The lowest BCUT2D eigenvalue weighted by Crippen LogP contribution is -2.16. The molecule has 109 valence electrons. The average molecular weight is 320 g/mol. The van der Waals surface area contributed by atoms with Gasteiger partial charge in [-0.3, -0.25) is 0 Å². The molecule has 1 aromatic carbocycles. The minimum atomic E-state index is -1.40. The lowest BCUT2D eigenvalue weighted by Gasteiger charge is -2.04. The molecule has 0 saturated heterocycles. The van der Waals surface area contributed by atoms with E-state index in [-0.39, 0.29) is 0 Å². The van der Waals surface area contributed by atoms with Crippen LogP contribution in [0.4, 0.5) is 0 Å². The van der Waals surface area contributed by atoms with Crippen molar-refractivity contribution < 1.29 is 4.42 Å². The molecule has 0 spiro atoms. The highest BCUT2D eigenvalue weighted by Crippen LogP contribution is 2.35. The van der Waals surface area contributed by atoms with Crippen molar-refractivity contribution in [1.29, 1.82) is 0 Å². The predicted molar refractivity (Wildman–Crippen MR) is 99.5 cm³/mol. The van der Waals surface area contributed by atoms with Crippen molar-refractivity contribution in [2.24, 2.45) is 0 Å².